The minimum Gasteiger partial charge on any atom is -0.507 e. The van der Waals surface area contributed by atoms with Gasteiger partial charge in [0.25, 0.3) is 11.7 Å². The molecule has 7 nitrogen and oxygen atoms in total. The second-order valence-corrected chi connectivity index (χ2v) is 9.36. The van der Waals surface area contributed by atoms with Crippen LogP contribution in [0.4, 0.5) is 0 Å². The predicted molar refractivity (Wildman–Crippen MR) is 139 cm³/mol. The molecule has 9 heteroatoms. The lowest BCUT2D eigenvalue weighted by Crippen LogP contribution is -2.31. The van der Waals surface area contributed by atoms with Gasteiger partial charge in [-0.1, -0.05) is 54.7 Å². The van der Waals surface area contributed by atoms with Crippen molar-refractivity contribution < 1.29 is 19.4 Å². The fourth-order valence-corrected chi connectivity index (χ4v) is 4.51. The normalized spacial score (nSPS) is 17.1. The average Bonchev–Trinajstić information content (AvgIpc) is 3.48. The third-order valence-electron chi connectivity index (χ3n) is 6.05. The Morgan fingerprint density at radius 1 is 1.08 bits per heavy atom. The highest BCUT2D eigenvalue weighted by molar-refractivity contribution is 6.46. The zero-order valence-corrected chi connectivity index (χ0v) is 21.4. The van der Waals surface area contributed by atoms with Gasteiger partial charge in [0.05, 0.1) is 34.6 Å². The lowest BCUT2D eigenvalue weighted by molar-refractivity contribution is -0.139. The molecule has 188 valence electrons. The van der Waals surface area contributed by atoms with Gasteiger partial charge in [-0.3, -0.25) is 9.59 Å². The van der Waals surface area contributed by atoms with E-state index in [0.29, 0.717) is 53.0 Å². The van der Waals surface area contributed by atoms with E-state index in [0.717, 1.165) is 12.8 Å². The van der Waals surface area contributed by atoms with Crippen molar-refractivity contribution in [1.29, 1.82) is 0 Å². The zero-order chi connectivity index (χ0) is 25.7. The van der Waals surface area contributed by atoms with Gasteiger partial charge < -0.3 is 19.3 Å². The Balaban J connectivity index is 1.71. The first-order chi connectivity index (χ1) is 17.4. The van der Waals surface area contributed by atoms with Crippen LogP contribution in [0.1, 0.15) is 43.4 Å². The number of ether oxygens (including phenoxy) is 1. The highest BCUT2D eigenvalue weighted by Crippen LogP contribution is 2.41. The van der Waals surface area contributed by atoms with Gasteiger partial charge in [-0.05, 0) is 42.7 Å². The van der Waals surface area contributed by atoms with Crippen LogP contribution in [0.3, 0.4) is 0 Å². The van der Waals surface area contributed by atoms with Gasteiger partial charge in [0.1, 0.15) is 11.5 Å². The molecule has 0 saturated carbocycles. The minimum absolute atomic E-state index is 0.00623. The smallest absolute Gasteiger partial charge is 0.295 e. The Labute approximate surface area is 219 Å². The lowest BCUT2D eigenvalue weighted by Gasteiger charge is -2.25. The average molecular weight is 528 g/mol. The Hall–Kier alpha value is -3.29. The topological polar surface area (TPSA) is 84.7 Å². The second-order valence-electron chi connectivity index (χ2n) is 8.55. The van der Waals surface area contributed by atoms with E-state index in [1.807, 2.05) is 10.8 Å². The van der Waals surface area contributed by atoms with E-state index in [9.17, 15) is 14.7 Å². The van der Waals surface area contributed by atoms with Gasteiger partial charge in [-0.2, -0.15) is 0 Å². The second kappa shape index (κ2) is 11.6. The molecule has 0 radical (unpaired) electrons. The van der Waals surface area contributed by atoms with E-state index in [4.69, 9.17) is 27.9 Å². The molecule has 1 unspecified atom stereocenters. The molecule has 1 saturated heterocycles. The molecule has 1 fully saturated rings. The van der Waals surface area contributed by atoms with Crippen LogP contribution in [0.15, 0.2) is 66.8 Å². The van der Waals surface area contributed by atoms with Crippen molar-refractivity contribution in [3.63, 3.8) is 0 Å². The SMILES string of the molecule is CCCCOc1cccc(C(O)=C2C(=O)C(=O)N(CCCn3ccnc3)C2c2ccc(Cl)c(Cl)c2)c1. The number of nitrogens with zero attached hydrogens (tertiary/aromatic N) is 3. The number of amides is 1. The van der Waals surface area contributed by atoms with E-state index in [1.54, 1.807) is 55.0 Å². The minimum atomic E-state index is -0.813. The number of hydrogen-bond acceptors (Lipinski definition) is 5. The Bertz CT molecular complexity index is 1270. The van der Waals surface area contributed by atoms with Gasteiger partial charge in [0.2, 0.25) is 0 Å². The Kier molecular flexibility index (Phi) is 8.33. The summed E-state index contributed by atoms with van der Waals surface area (Å²) >= 11 is 12.4. The number of benzene rings is 2. The number of aryl methyl sites for hydroxylation is 1. The number of aromatic nitrogens is 2. The fourth-order valence-electron chi connectivity index (χ4n) is 4.21. The quantitative estimate of drug-likeness (QED) is 0.154. The number of aliphatic hydroxyl groups excluding tert-OH is 1. The molecule has 1 amide bonds. The number of rotatable bonds is 10. The number of likely N-dealkylation sites (tertiary alicyclic amines) is 1. The van der Waals surface area contributed by atoms with Crippen LogP contribution >= 0.6 is 23.2 Å². The first-order valence-corrected chi connectivity index (χ1v) is 12.6. The largest absolute Gasteiger partial charge is 0.507 e. The number of hydrogen-bond donors (Lipinski definition) is 1. The van der Waals surface area contributed by atoms with E-state index >= 15 is 0 Å². The number of unbranched alkanes of at least 4 members (excludes halogenated alkanes) is 1. The molecule has 1 aromatic heterocycles. The number of Topliss-reactive ketones (excluding diaryl/α,β-unsaturated/α-hetero) is 1. The van der Waals surface area contributed by atoms with Gasteiger partial charge in [0, 0.05) is 31.0 Å². The van der Waals surface area contributed by atoms with E-state index in [-0.39, 0.29) is 11.3 Å². The Morgan fingerprint density at radius 2 is 1.92 bits per heavy atom. The number of halogens is 2. The molecule has 2 heterocycles. The monoisotopic (exact) mass is 527 g/mol. The number of imidazole rings is 1. The number of carbonyl (C=O) groups is 2. The third-order valence-corrected chi connectivity index (χ3v) is 6.79. The summed E-state index contributed by atoms with van der Waals surface area (Å²) in [7, 11) is 0. The van der Waals surface area contributed by atoms with Crippen LogP contribution in [0, 0.1) is 0 Å². The van der Waals surface area contributed by atoms with Gasteiger partial charge in [-0.25, -0.2) is 4.98 Å². The maximum atomic E-state index is 13.2. The van der Waals surface area contributed by atoms with Crippen molar-refractivity contribution in [2.24, 2.45) is 0 Å². The molecule has 36 heavy (non-hydrogen) atoms. The molecule has 0 aliphatic carbocycles. The summed E-state index contributed by atoms with van der Waals surface area (Å²) < 4.78 is 7.66. The standard InChI is InChI=1S/C27H27Cl2N3O4/c1-2-3-14-36-20-7-4-6-19(15-20)25(33)23-24(18-8-9-21(28)22(29)16-18)32(27(35)26(23)34)12-5-11-31-13-10-30-17-31/h4,6-10,13,15-17,24,33H,2-3,5,11-12,14H2,1H3. The summed E-state index contributed by atoms with van der Waals surface area (Å²) in [5, 5.41) is 12.0. The summed E-state index contributed by atoms with van der Waals surface area (Å²) in [6.07, 6.45) is 7.69. The third kappa shape index (κ3) is 5.58. The maximum Gasteiger partial charge on any atom is 0.295 e. The van der Waals surface area contributed by atoms with Gasteiger partial charge >= 0.3 is 0 Å². The van der Waals surface area contributed by atoms with Crippen LogP contribution in [0.5, 0.6) is 5.75 Å². The molecular formula is C27H27Cl2N3O4. The number of carbonyl (C=O) groups excluding carboxylic acids is 2. The molecule has 0 bridgehead atoms. The molecular weight excluding hydrogens is 501 g/mol. The van der Waals surface area contributed by atoms with E-state index in [1.165, 1.54) is 4.90 Å². The summed E-state index contributed by atoms with van der Waals surface area (Å²) in [6, 6.07) is 11.0. The summed E-state index contributed by atoms with van der Waals surface area (Å²) in [5.74, 6) is -1.10. The van der Waals surface area contributed by atoms with Crippen LogP contribution in [0.25, 0.3) is 5.76 Å². The van der Waals surface area contributed by atoms with Gasteiger partial charge in [0.15, 0.2) is 0 Å². The van der Waals surface area contributed by atoms with Crippen molar-refractivity contribution in [3.8, 4) is 5.75 Å². The number of ketones is 1. The molecule has 1 aliphatic heterocycles. The molecule has 1 atom stereocenters. The van der Waals surface area contributed by atoms with Crippen molar-refractivity contribution in [2.75, 3.05) is 13.2 Å². The molecule has 2 aromatic carbocycles. The first-order valence-electron chi connectivity index (χ1n) is 11.8. The van der Waals surface area contributed by atoms with Crippen LogP contribution in [-0.2, 0) is 16.1 Å². The van der Waals surface area contributed by atoms with Crippen molar-refractivity contribution in [1.82, 2.24) is 14.5 Å². The zero-order valence-electron chi connectivity index (χ0n) is 19.9. The van der Waals surface area contributed by atoms with Crippen LogP contribution in [0.2, 0.25) is 10.0 Å². The van der Waals surface area contributed by atoms with Crippen molar-refractivity contribution in [3.05, 3.63) is 87.9 Å². The highest BCUT2D eigenvalue weighted by atomic mass is 35.5. The summed E-state index contributed by atoms with van der Waals surface area (Å²) in [4.78, 5) is 31.9. The van der Waals surface area contributed by atoms with Crippen molar-refractivity contribution in [2.45, 2.75) is 38.8 Å². The summed E-state index contributed by atoms with van der Waals surface area (Å²) in [5.41, 5.74) is 0.986. The van der Waals surface area contributed by atoms with E-state index in [2.05, 4.69) is 11.9 Å². The van der Waals surface area contributed by atoms with Crippen LogP contribution < -0.4 is 4.74 Å². The van der Waals surface area contributed by atoms with Gasteiger partial charge in [-0.15, -0.1) is 0 Å². The Morgan fingerprint density at radius 3 is 2.64 bits per heavy atom. The molecule has 0 spiro atoms. The van der Waals surface area contributed by atoms with Crippen LogP contribution in [-0.4, -0.2) is 44.4 Å². The highest BCUT2D eigenvalue weighted by Gasteiger charge is 2.46. The predicted octanol–water partition coefficient (Wildman–Crippen LogP) is 5.88. The number of aliphatic hydroxyl groups is 1. The first kappa shape index (κ1) is 25.8. The molecule has 1 N–H and O–H groups in total. The maximum absolute atomic E-state index is 13.2. The fraction of sp³-hybridized carbons (Fsp3) is 0.296. The molecule has 4 rings (SSSR count). The summed E-state index contributed by atoms with van der Waals surface area (Å²) in [6.45, 7) is 3.53. The molecule has 3 aromatic rings. The molecule has 1 aliphatic rings. The lowest BCUT2D eigenvalue weighted by atomic mass is 9.95. The van der Waals surface area contributed by atoms with Crippen molar-refractivity contribution >= 4 is 40.7 Å². The van der Waals surface area contributed by atoms with E-state index < -0.39 is 17.7 Å².